The highest BCUT2D eigenvalue weighted by atomic mass is 14.7. The fraction of sp³-hybridized carbons (Fsp3) is 0. The lowest BCUT2D eigenvalue weighted by Gasteiger charge is -2.19. The summed E-state index contributed by atoms with van der Waals surface area (Å²) in [6.45, 7) is 0. The number of pyridine rings is 2. The second kappa shape index (κ2) is 8.95. The van der Waals surface area contributed by atoms with Gasteiger partial charge >= 0.3 is 0 Å². The van der Waals surface area contributed by atoms with Crippen molar-refractivity contribution in [2.75, 3.05) is 0 Å². The molecule has 0 radical (unpaired) electrons. The van der Waals surface area contributed by atoms with Crippen LogP contribution in [-0.2, 0) is 0 Å². The van der Waals surface area contributed by atoms with Crippen LogP contribution in [-0.4, -0.2) is 9.97 Å². The van der Waals surface area contributed by atoms with Gasteiger partial charge in [0.2, 0.25) is 0 Å². The first-order chi connectivity index (χ1) is 20.9. The Hall–Kier alpha value is -5.60. The average Bonchev–Trinajstić information content (AvgIpc) is 3.07. The molecule has 194 valence electrons. The molecular formula is C40H24N2. The minimum Gasteiger partial charge on any atom is -0.264 e. The quantitative estimate of drug-likeness (QED) is 0.163. The fourth-order valence-electron chi connectivity index (χ4n) is 6.90. The van der Waals surface area contributed by atoms with Gasteiger partial charge in [0, 0.05) is 45.1 Å². The number of nitrogens with zero attached hydrogens (tertiary/aromatic N) is 2. The normalized spacial score (nSPS) is 11.8. The van der Waals surface area contributed by atoms with Crippen LogP contribution in [0.4, 0.5) is 0 Å². The second-order valence-corrected chi connectivity index (χ2v) is 10.9. The van der Waals surface area contributed by atoms with Gasteiger partial charge in [-0.1, -0.05) is 127 Å². The molecule has 0 amide bonds. The molecule has 0 bridgehead atoms. The third kappa shape index (κ3) is 3.27. The molecule has 0 aliphatic rings. The SMILES string of the molecule is c1cncc(-c2c3ccccc3c(-c3nc4c5ccccc5ccc4c4c3ccc3ccccc34)c3ccccc23)c1. The molecule has 0 atom stereocenters. The summed E-state index contributed by atoms with van der Waals surface area (Å²) < 4.78 is 0. The Morgan fingerprint density at radius 3 is 1.57 bits per heavy atom. The molecule has 0 N–H and O–H groups in total. The molecule has 0 saturated carbocycles. The lowest BCUT2D eigenvalue weighted by atomic mass is 9.86. The van der Waals surface area contributed by atoms with Gasteiger partial charge in [-0.05, 0) is 49.3 Å². The van der Waals surface area contributed by atoms with Crippen LogP contribution in [0, 0.1) is 0 Å². The average molecular weight is 533 g/mol. The second-order valence-electron chi connectivity index (χ2n) is 10.9. The summed E-state index contributed by atoms with van der Waals surface area (Å²) in [6, 6.07) is 48.0. The Kier molecular flexibility index (Phi) is 4.93. The molecule has 2 aromatic heterocycles. The highest BCUT2D eigenvalue weighted by Gasteiger charge is 2.21. The predicted octanol–water partition coefficient (Wildman–Crippen LogP) is 10.7. The lowest BCUT2D eigenvalue weighted by molar-refractivity contribution is 1.33. The zero-order valence-electron chi connectivity index (χ0n) is 22.8. The number of benzene rings is 7. The Bertz CT molecular complexity index is 2460. The predicted molar refractivity (Wildman–Crippen MR) is 178 cm³/mol. The van der Waals surface area contributed by atoms with E-state index in [-0.39, 0.29) is 0 Å². The first-order valence-electron chi connectivity index (χ1n) is 14.3. The van der Waals surface area contributed by atoms with E-state index in [0.29, 0.717) is 0 Å². The van der Waals surface area contributed by atoms with Gasteiger partial charge in [0.05, 0.1) is 11.2 Å². The third-order valence-corrected chi connectivity index (χ3v) is 8.70. The van der Waals surface area contributed by atoms with Gasteiger partial charge in [-0.2, -0.15) is 0 Å². The molecule has 0 saturated heterocycles. The fourth-order valence-corrected chi connectivity index (χ4v) is 6.90. The van der Waals surface area contributed by atoms with E-state index in [9.17, 15) is 0 Å². The number of hydrogen-bond acceptors (Lipinski definition) is 2. The minimum atomic E-state index is 1.02. The van der Waals surface area contributed by atoms with Crippen LogP contribution in [0.15, 0.2) is 146 Å². The van der Waals surface area contributed by atoms with Crippen molar-refractivity contribution in [2.24, 2.45) is 0 Å². The molecule has 9 rings (SSSR count). The Balaban J connectivity index is 1.55. The maximum Gasteiger partial charge on any atom is 0.0801 e. The van der Waals surface area contributed by atoms with Crippen molar-refractivity contribution in [2.45, 2.75) is 0 Å². The summed E-state index contributed by atoms with van der Waals surface area (Å²) in [6.07, 6.45) is 3.80. The topological polar surface area (TPSA) is 25.8 Å². The smallest absolute Gasteiger partial charge is 0.0801 e. The summed E-state index contributed by atoms with van der Waals surface area (Å²) in [7, 11) is 0. The van der Waals surface area contributed by atoms with Gasteiger partial charge in [0.1, 0.15) is 0 Å². The molecule has 0 aliphatic carbocycles. The van der Waals surface area contributed by atoms with Crippen molar-refractivity contribution in [3.8, 4) is 22.4 Å². The van der Waals surface area contributed by atoms with Gasteiger partial charge in [0.25, 0.3) is 0 Å². The number of fused-ring (bicyclic) bond motifs is 9. The van der Waals surface area contributed by atoms with E-state index in [1.54, 1.807) is 0 Å². The van der Waals surface area contributed by atoms with Crippen LogP contribution in [0.5, 0.6) is 0 Å². The zero-order valence-corrected chi connectivity index (χ0v) is 22.8. The van der Waals surface area contributed by atoms with E-state index in [1.807, 2.05) is 18.5 Å². The van der Waals surface area contributed by atoms with Crippen LogP contribution in [0.2, 0.25) is 0 Å². The third-order valence-electron chi connectivity index (χ3n) is 8.70. The van der Waals surface area contributed by atoms with Crippen LogP contribution in [0.1, 0.15) is 0 Å². The number of hydrogen-bond donors (Lipinski definition) is 0. The van der Waals surface area contributed by atoms with Crippen LogP contribution in [0.3, 0.4) is 0 Å². The van der Waals surface area contributed by atoms with Gasteiger partial charge in [0.15, 0.2) is 0 Å². The molecule has 0 fully saturated rings. The highest BCUT2D eigenvalue weighted by Crippen LogP contribution is 2.46. The molecule has 0 spiro atoms. The van der Waals surface area contributed by atoms with E-state index < -0.39 is 0 Å². The molecule has 7 aromatic carbocycles. The van der Waals surface area contributed by atoms with Gasteiger partial charge < -0.3 is 0 Å². The van der Waals surface area contributed by atoms with Crippen molar-refractivity contribution in [1.29, 1.82) is 0 Å². The van der Waals surface area contributed by atoms with E-state index in [2.05, 4.69) is 132 Å². The summed E-state index contributed by atoms with van der Waals surface area (Å²) in [4.78, 5) is 10.1. The van der Waals surface area contributed by atoms with Crippen molar-refractivity contribution < 1.29 is 0 Å². The summed E-state index contributed by atoms with van der Waals surface area (Å²) in [5.74, 6) is 0. The van der Waals surface area contributed by atoms with Crippen molar-refractivity contribution >= 4 is 64.8 Å². The number of aromatic nitrogens is 2. The van der Waals surface area contributed by atoms with Crippen LogP contribution in [0.25, 0.3) is 87.1 Å². The highest BCUT2D eigenvalue weighted by molar-refractivity contribution is 6.29. The molecule has 0 aliphatic heterocycles. The van der Waals surface area contributed by atoms with Crippen molar-refractivity contribution in [3.05, 3.63) is 146 Å². The molecule has 9 aromatic rings. The molecule has 2 heterocycles. The summed E-state index contributed by atoms with van der Waals surface area (Å²) in [5, 5.41) is 13.2. The first-order valence-corrected chi connectivity index (χ1v) is 14.3. The molecule has 42 heavy (non-hydrogen) atoms. The van der Waals surface area contributed by atoms with Gasteiger partial charge in [-0.3, -0.25) is 4.98 Å². The molecule has 2 heteroatoms. The minimum absolute atomic E-state index is 1.02. The Labute approximate surface area is 242 Å². The lowest BCUT2D eigenvalue weighted by Crippen LogP contribution is -1.96. The van der Waals surface area contributed by atoms with Gasteiger partial charge in [-0.25, -0.2) is 4.98 Å². The number of rotatable bonds is 2. The van der Waals surface area contributed by atoms with Crippen LogP contribution < -0.4 is 0 Å². The Morgan fingerprint density at radius 2 is 0.929 bits per heavy atom. The van der Waals surface area contributed by atoms with Crippen LogP contribution >= 0.6 is 0 Å². The maximum atomic E-state index is 5.60. The van der Waals surface area contributed by atoms with E-state index in [1.165, 1.54) is 70.4 Å². The van der Waals surface area contributed by atoms with Crippen molar-refractivity contribution in [1.82, 2.24) is 9.97 Å². The maximum absolute atomic E-state index is 5.60. The molecule has 2 nitrogen and oxygen atoms in total. The largest absolute Gasteiger partial charge is 0.264 e. The van der Waals surface area contributed by atoms with E-state index in [0.717, 1.165) is 16.8 Å². The van der Waals surface area contributed by atoms with E-state index in [4.69, 9.17) is 4.98 Å². The summed E-state index contributed by atoms with van der Waals surface area (Å²) >= 11 is 0. The monoisotopic (exact) mass is 532 g/mol. The standard InChI is InChI=1S/C40H24N2/c1-3-13-28-25(10-1)19-22-35-37(28)34-21-20-26-11-2-4-14-29(26)39(34)42-40(35)38-32-17-7-5-15-30(32)36(27-12-9-23-41-24-27)31-16-6-8-18-33(31)38/h1-24H. The summed E-state index contributed by atoms with van der Waals surface area (Å²) in [5.41, 5.74) is 5.55. The van der Waals surface area contributed by atoms with Gasteiger partial charge in [-0.15, -0.1) is 0 Å². The van der Waals surface area contributed by atoms with E-state index >= 15 is 0 Å². The first kappa shape index (κ1) is 23.1. The Morgan fingerprint density at radius 1 is 0.381 bits per heavy atom. The van der Waals surface area contributed by atoms with Crippen molar-refractivity contribution in [3.63, 3.8) is 0 Å². The molecular weight excluding hydrogens is 508 g/mol. The zero-order chi connectivity index (χ0) is 27.6. The molecule has 0 unspecified atom stereocenters.